The highest BCUT2D eigenvalue weighted by molar-refractivity contribution is 14.1. The number of aromatic nitrogens is 1. The standard InChI is InChI=1S/C18H20IN3O2/c1-4-17(23)22-8-13(9-22)20(3)18(24)11-21-10-15(19)14-7-12(2)5-6-16(14)21/h4-7,10,13H,1,8-9,11H2,2-3H3. The highest BCUT2D eigenvalue weighted by Crippen LogP contribution is 2.24. The number of carbonyl (C=O) groups is 2. The van der Waals surface area contributed by atoms with Crippen molar-refractivity contribution in [2.45, 2.75) is 19.5 Å². The first-order chi connectivity index (χ1) is 11.4. The van der Waals surface area contributed by atoms with Crippen molar-refractivity contribution in [2.24, 2.45) is 0 Å². The van der Waals surface area contributed by atoms with Gasteiger partial charge in [-0.05, 0) is 47.7 Å². The second-order valence-corrected chi connectivity index (χ2v) is 7.39. The van der Waals surface area contributed by atoms with Crippen LogP contribution in [0.2, 0.25) is 0 Å². The third-order valence-corrected chi connectivity index (χ3v) is 5.44. The molecule has 6 heteroatoms. The number of rotatable bonds is 4. The third kappa shape index (κ3) is 3.07. The van der Waals surface area contributed by atoms with Crippen molar-refractivity contribution in [3.05, 3.63) is 46.2 Å². The lowest BCUT2D eigenvalue weighted by Gasteiger charge is -2.43. The Labute approximate surface area is 155 Å². The highest BCUT2D eigenvalue weighted by Gasteiger charge is 2.34. The van der Waals surface area contributed by atoms with Crippen LogP contribution in [0, 0.1) is 10.5 Å². The molecule has 0 atom stereocenters. The quantitative estimate of drug-likeness (QED) is 0.545. The topological polar surface area (TPSA) is 45.6 Å². The summed E-state index contributed by atoms with van der Waals surface area (Å²) in [6, 6.07) is 6.36. The number of likely N-dealkylation sites (tertiary alicyclic amines) is 1. The van der Waals surface area contributed by atoms with E-state index in [0.717, 1.165) is 9.09 Å². The molecule has 24 heavy (non-hydrogen) atoms. The van der Waals surface area contributed by atoms with Gasteiger partial charge in [-0.25, -0.2) is 0 Å². The van der Waals surface area contributed by atoms with Crippen molar-refractivity contribution in [3.63, 3.8) is 0 Å². The van der Waals surface area contributed by atoms with Crippen LogP contribution in [0.1, 0.15) is 5.56 Å². The molecule has 0 unspecified atom stereocenters. The number of hydrogen-bond donors (Lipinski definition) is 0. The fourth-order valence-corrected chi connectivity index (χ4v) is 3.74. The normalized spacial score (nSPS) is 14.5. The van der Waals surface area contributed by atoms with Gasteiger partial charge in [0.05, 0.1) is 6.04 Å². The molecule has 1 fully saturated rings. The summed E-state index contributed by atoms with van der Waals surface area (Å²) in [6.07, 6.45) is 3.33. The van der Waals surface area contributed by atoms with Crippen LogP contribution in [0.4, 0.5) is 0 Å². The predicted octanol–water partition coefficient (Wildman–Crippen LogP) is 2.41. The Kier molecular flexibility index (Phi) is 4.67. The van der Waals surface area contributed by atoms with Crippen molar-refractivity contribution >= 4 is 45.3 Å². The first kappa shape index (κ1) is 17.0. The molecule has 1 aliphatic rings. The van der Waals surface area contributed by atoms with Gasteiger partial charge in [0.25, 0.3) is 0 Å². The fraction of sp³-hybridized carbons (Fsp3) is 0.333. The number of halogens is 1. The molecule has 3 rings (SSSR count). The summed E-state index contributed by atoms with van der Waals surface area (Å²) >= 11 is 2.31. The van der Waals surface area contributed by atoms with E-state index < -0.39 is 0 Å². The molecule has 2 heterocycles. The van der Waals surface area contributed by atoms with Gasteiger partial charge in [0.2, 0.25) is 11.8 Å². The van der Waals surface area contributed by atoms with Crippen molar-refractivity contribution < 1.29 is 9.59 Å². The lowest BCUT2D eigenvalue weighted by Crippen LogP contribution is -2.61. The van der Waals surface area contributed by atoms with E-state index in [1.165, 1.54) is 17.0 Å². The van der Waals surface area contributed by atoms with Crippen molar-refractivity contribution in [1.82, 2.24) is 14.4 Å². The number of benzene rings is 1. The summed E-state index contributed by atoms with van der Waals surface area (Å²) in [5, 5.41) is 1.18. The van der Waals surface area contributed by atoms with Crippen molar-refractivity contribution in [1.29, 1.82) is 0 Å². The molecule has 0 bridgehead atoms. The molecule has 126 valence electrons. The number of nitrogens with zero attached hydrogens (tertiary/aromatic N) is 3. The molecule has 0 saturated carbocycles. The number of amides is 2. The maximum absolute atomic E-state index is 12.6. The van der Waals surface area contributed by atoms with Gasteiger partial charge in [0.15, 0.2) is 0 Å². The Balaban J connectivity index is 1.69. The molecule has 1 aromatic carbocycles. The summed E-state index contributed by atoms with van der Waals surface area (Å²) in [5.74, 6) is -0.0204. The molecule has 2 aromatic rings. The molecule has 0 N–H and O–H groups in total. The van der Waals surface area contributed by atoms with Crippen LogP contribution in [0.3, 0.4) is 0 Å². The maximum atomic E-state index is 12.6. The Hall–Kier alpha value is -1.83. The van der Waals surface area contributed by atoms with Crippen LogP contribution in [0.25, 0.3) is 10.9 Å². The minimum atomic E-state index is -0.0755. The number of fused-ring (bicyclic) bond motifs is 1. The van der Waals surface area contributed by atoms with E-state index in [-0.39, 0.29) is 17.9 Å². The first-order valence-corrected chi connectivity index (χ1v) is 8.90. The largest absolute Gasteiger partial charge is 0.338 e. The zero-order chi connectivity index (χ0) is 17.4. The second kappa shape index (κ2) is 6.58. The van der Waals surface area contributed by atoms with Crippen LogP contribution in [0.15, 0.2) is 37.1 Å². The third-order valence-electron chi connectivity index (χ3n) is 4.58. The van der Waals surface area contributed by atoms with Gasteiger partial charge in [-0.2, -0.15) is 0 Å². The minimum Gasteiger partial charge on any atom is -0.338 e. The van der Waals surface area contributed by atoms with E-state index in [1.54, 1.807) is 9.80 Å². The minimum absolute atomic E-state index is 0.0552. The molecule has 0 radical (unpaired) electrons. The predicted molar refractivity (Wildman–Crippen MR) is 103 cm³/mol. The van der Waals surface area contributed by atoms with Crippen LogP contribution < -0.4 is 0 Å². The lowest BCUT2D eigenvalue weighted by atomic mass is 10.1. The maximum Gasteiger partial charge on any atom is 0.246 e. The molecule has 1 saturated heterocycles. The zero-order valence-corrected chi connectivity index (χ0v) is 16.0. The van der Waals surface area contributed by atoms with E-state index in [2.05, 4.69) is 54.3 Å². The van der Waals surface area contributed by atoms with Gasteiger partial charge in [-0.1, -0.05) is 18.2 Å². The summed E-state index contributed by atoms with van der Waals surface area (Å²) in [6.45, 7) is 7.02. The van der Waals surface area contributed by atoms with E-state index >= 15 is 0 Å². The monoisotopic (exact) mass is 437 g/mol. The Morgan fingerprint density at radius 1 is 1.42 bits per heavy atom. The Morgan fingerprint density at radius 3 is 2.79 bits per heavy atom. The highest BCUT2D eigenvalue weighted by atomic mass is 127. The average Bonchev–Trinajstić information content (AvgIpc) is 2.81. The molecule has 0 spiro atoms. The van der Waals surface area contributed by atoms with Crippen LogP contribution >= 0.6 is 22.6 Å². The van der Waals surface area contributed by atoms with Crippen LogP contribution in [-0.2, 0) is 16.1 Å². The van der Waals surface area contributed by atoms with Gasteiger partial charge in [0.1, 0.15) is 6.54 Å². The van der Waals surface area contributed by atoms with Crippen LogP contribution in [-0.4, -0.2) is 52.4 Å². The van der Waals surface area contributed by atoms with Gasteiger partial charge in [0, 0.05) is 40.8 Å². The SMILES string of the molecule is C=CC(=O)N1CC(N(C)C(=O)Cn2cc(I)c3cc(C)ccc32)C1. The molecule has 2 amide bonds. The number of aryl methyl sites for hydroxylation is 1. The summed E-state index contributed by atoms with van der Waals surface area (Å²) in [5.41, 5.74) is 2.28. The Bertz CT molecular complexity index is 821. The molecular weight excluding hydrogens is 417 g/mol. The van der Waals surface area contributed by atoms with Crippen molar-refractivity contribution in [2.75, 3.05) is 20.1 Å². The molecule has 5 nitrogen and oxygen atoms in total. The van der Waals surface area contributed by atoms with Gasteiger partial charge in [-0.15, -0.1) is 0 Å². The lowest BCUT2D eigenvalue weighted by molar-refractivity contribution is -0.142. The summed E-state index contributed by atoms with van der Waals surface area (Å²) in [7, 11) is 1.81. The van der Waals surface area contributed by atoms with Gasteiger partial charge >= 0.3 is 0 Å². The van der Waals surface area contributed by atoms with E-state index in [1.807, 2.05) is 17.8 Å². The smallest absolute Gasteiger partial charge is 0.246 e. The average molecular weight is 437 g/mol. The Morgan fingerprint density at radius 2 is 2.12 bits per heavy atom. The second-order valence-electron chi connectivity index (χ2n) is 6.23. The van der Waals surface area contributed by atoms with Gasteiger partial charge < -0.3 is 14.4 Å². The summed E-state index contributed by atoms with van der Waals surface area (Å²) in [4.78, 5) is 27.5. The number of hydrogen-bond acceptors (Lipinski definition) is 2. The molecular formula is C18H20IN3O2. The first-order valence-electron chi connectivity index (χ1n) is 7.82. The molecule has 0 aliphatic carbocycles. The summed E-state index contributed by atoms with van der Waals surface area (Å²) < 4.78 is 3.15. The fourth-order valence-electron chi connectivity index (χ4n) is 2.97. The van der Waals surface area contributed by atoms with E-state index in [9.17, 15) is 9.59 Å². The van der Waals surface area contributed by atoms with Crippen LogP contribution in [0.5, 0.6) is 0 Å². The molecule has 1 aromatic heterocycles. The van der Waals surface area contributed by atoms with Gasteiger partial charge in [-0.3, -0.25) is 9.59 Å². The number of carbonyl (C=O) groups excluding carboxylic acids is 2. The number of likely N-dealkylation sites (N-methyl/N-ethyl adjacent to an activating group) is 1. The van der Waals surface area contributed by atoms with Crippen molar-refractivity contribution in [3.8, 4) is 0 Å². The van der Waals surface area contributed by atoms with E-state index in [0.29, 0.717) is 19.6 Å². The molecule has 1 aliphatic heterocycles. The zero-order valence-electron chi connectivity index (χ0n) is 13.8. The van der Waals surface area contributed by atoms with E-state index in [4.69, 9.17) is 0 Å².